The van der Waals surface area contributed by atoms with Crippen LogP contribution in [0.5, 0.6) is 5.88 Å². The predicted molar refractivity (Wildman–Crippen MR) is 95.9 cm³/mol. The fourth-order valence-electron chi connectivity index (χ4n) is 2.76. The molecule has 3 rings (SSSR count). The topological polar surface area (TPSA) is 110 Å². The summed E-state index contributed by atoms with van der Waals surface area (Å²) in [5, 5.41) is 29.5. The summed E-state index contributed by atoms with van der Waals surface area (Å²) in [5.41, 5.74) is 0.810. The van der Waals surface area contributed by atoms with Gasteiger partial charge in [-0.15, -0.1) is 10.2 Å². The number of non-ortho nitro benzene ring substituents is 1. The summed E-state index contributed by atoms with van der Waals surface area (Å²) in [4.78, 5) is 22.4. The molecule has 0 bridgehead atoms. The van der Waals surface area contributed by atoms with Crippen LogP contribution in [0.1, 0.15) is 30.2 Å². The summed E-state index contributed by atoms with van der Waals surface area (Å²) < 4.78 is 1.70. The Morgan fingerprint density at radius 2 is 1.92 bits per heavy atom. The van der Waals surface area contributed by atoms with Gasteiger partial charge < -0.3 is 9.67 Å². The number of rotatable bonds is 4. The average molecular weight is 352 g/mol. The monoisotopic (exact) mass is 352 g/mol. The number of hydrogen-bond acceptors (Lipinski definition) is 5. The van der Waals surface area contributed by atoms with Crippen molar-refractivity contribution in [1.29, 1.82) is 0 Å². The van der Waals surface area contributed by atoms with Gasteiger partial charge in [0.25, 0.3) is 11.6 Å². The lowest BCUT2D eigenvalue weighted by Gasteiger charge is -2.10. The Morgan fingerprint density at radius 3 is 2.62 bits per heavy atom. The number of aromatic hydroxyl groups is 1. The third-order valence-electron chi connectivity index (χ3n) is 3.92. The number of benzene rings is 2. The number of para-hydroxylation sites is 1. The van der Waals surface area contributed by atoms with Gasteiger partial charge in [0.2, 0.25) is 5.88 Å². The van der Waals surface area contributed by atoms with E-state index in [0.717, 1.165) is 11.6 Å². The highest BCUT2D eigenvalue weighted by Gasteiger charge is 2.18. The minimum Gasteiger partial charge on any atom is -0.493 e. The molecule has 0 fully saturated rings. The van der Waals surface area contributed by atoms with E-state index in [-0.39, 0.29) is 28.9 Å². The van der Waals surface area contributed by atoms with E-state index in [9.17, 15) is 20.0 Å². The minimum atomic E-state index is -0.727. The van der Waals surface area contributed by atoms with E-state index in [1.807, 2.05) is 26.0 Å². The molecule has 0 aliphatic heterocycles. The lowest BCUT2D eigenvalue weighted by molar-refractivity contribution is -0.384. The number of nitrogens with zero attached hydrogens (tertiary/aromatic N) is 4. The molecule has 0 unspecified atom stereocenters. The van der Waals surface area contributed by atoms with Gasteiger partial charge in [0.1, 0.15) is 0 Å². The maximum atomic E-state index is 12.2. The van der Waals surface area contributed by atoms with Gasteiger partial charge in [-0.3, -0.25) is 14.9 Å². The van der Waals surface area contributed by atoms with Gasteiger partial charge in [0, 0.05) is 23.6 Å². The van der Waals surface area contributed by atoms with Crippen molar-refractivity contribution in [1.82, 2.24) is 4.57 Å². The zero-order valence-corrected chi connectivity index (χ0v) is 14.2. The second-order valence-corrected chi connectivity index (χ2v) is 5.97. The Labute approximate surface area is 148 Å². The van der Waals surface area contributed by atoms with Crippen molar-refractivity contribution in [3.8, 4) is 5.88 Å². The van der Waals surface area contributed by atoms with Crippen molar-refractivity contribution in [2.45, 2.75) is 19.9 Å². The first-order chi connectivity index (χ1) is 12.4. The van der Waals surface area contributed by atoms with E-state index < -0.39 is 10.8 Å². The van der Waals surface area contributed by atoms with E-state index in [1.54, 1.807) is 16.7 Å². The second-order valence-electron chi connectivity index (χ2n) is 5.97. The number of azo groups is 1. The highest BCUT2D eigenvalue weighted by molar-refractivity contribution is 5.97. The molecule has 0 aliphatic carbocycles. The van der Waals surface area contributed by atoms with E-state index >= 15 is 0 Å². The Bertz CT molecular complexity index is 1040. The van der Waals surface area contributed by atoms with Crippen molar-refractivity contribution in [3.05, 3.63) is 64.2 Å². The number of carbonyl (C=O) groups is 1. The van der Waals surface area contributed by atoms with Gasteiger partial charge in [-0.1, -0.05) is 24.3 Å². The van der Waals surface area contributed by atoms with E-state index in [4.69, 9.17) is 0 Å². The van der Waals surface area contributed by atoms with Crippen LogP contribution in [0.25, 0.3) is 10.9 Å². The molecule has 0 saturated carbocycles. The molecule has 0 spiro atoms. The Balaban J connectivity index is 2.01. The molecule has 2 aromatic carbocycles. The van der Waals surface area contributed by atoms with Gasteiger partial charge in [-0.25, -0.2) is 0 Å². The highest BCUT2D eigenvalue weighted by Crippen LogP contribution is 2.40. The van der Waals surface area contributed by atoms with Crippen LogP contribution in [0, 0.1) is 10.1 Å². The van der Waals surface area contributed by atoms with Crippen molar-refractivity contribution in [2.24, 2.45) is 10.2 Å². The Hall–Kier alpha value is -3.55. The maximum Gasteiger partial charge on any atom is 0.295 e. The molecule has 0 aliphatic rings. The molecular weight excluding hydrogens is 336 g/mol. The summed E-state index contributed by atoms with van der Waals surface area (Å²) in [6, 6.07) is 12.5. The van der Waals surface area contributed by atoms with Crippen LogP contribution in [0.15, 0.2) is 58.8 Å². The van der Waals surface area contributed by atoms with Gasteiger partial charge >= 0.3 is 0 Å². The van der Waals surface area contributed by atoms with Gasteiger partial charge in [0.05, 0.1) is 16.0 Å². The summed E-state index contributed by atoms with van der Waals surface area (Å²) >= 11 is 0. The van der Waals surface area contributed by atoms with Gasteiger partial charge in [0.15, 0.2) is 5.69 Å². The van der Waals surface area contributed by atoms with Crippen LogP contribution in [0.3, 0.4) is 0 Å². The van der Waals surface area contributed by atoms with Gasteiger partial charge in [-0.05, 0) is 26.0 Å². The third-order valence-corrected chi connectivity index (χ3v) is 3.92. The number of carbonyl (C=O) groups excluding carboxylic acids is 1. The van der Waals surface area contributed by atoms with E-state index in [0.29, 0.717) is 5.39 Å². The lowest BCUT2D eigenvalue weighted by Crippen LogP contribution is -1.98. The summed E-state index contributed by atoms with van der Waals surface area (Å²) in [7, 11) is 0. The molecular formula is C18H16N4O4. The number of hydrogen-bond donors (Lipinski definition) is 1. The summed E-state index contributed by atoms with van der Waals surface area (Å²) in [6.07, 6.45) is 0. The lowest BCUT2D eigenvalue weighted by atomic mass is 10.2. The van der Waals surface area contributed by atoms with Crippen molar-refractivity contribution in [3.63, 3.8) is 0 Å². The highest BCUT2D eigenvalue weighted by atomic mass is 16.6. The molecule has 1 heterocycles. The number of nitro groups is 1. The first-order valence-electron chi connectivity index (χ1n) is 7.92. The second kappa shape index (κ2) is 6.75. The molecule has 132 valence electrons. The number of fused-ring (bicyclic) bond motifs is 1. The fraction of sp³-hybridized carbons (Fsp3) is 0.167. The first kappa shape index (κ1) is 17.3. The van der Waals surface area contributed by atoms with E-state index in [1.165, 1.54) is 18.2 Å². The van der Waals surface area contributed by atoms with Crippen LogP contribution in [0.2, 0.25) is 0 Å². The molecule has 26 heavy (non-hydrogen) atoms. The number of aromatic nitrogens is 1. The third kappa shape index (κ3) is 3.04. The zero-order chi connectivity index (χ0) is 18.8. The fourth-order valence-corrected chi connectivity index (χ4v) is 2.76. The Kier molecular flexibility index (Phi) is 4.49. The van der Waals surface area contributed by atoms with Crippen LogP contribution >= 0.6 is 0 Å². The summed E-state index contributed by atoms with van der Waals surface area (Å²) in [6.45, 7) is 3.84. The normalized spacial score (nSPS) is 11.5. The molecule has 8 nitrogen and oxygen atoms in total. The average Bonchev–Trinajstić information content (AvgIpc) is 2.91. The molecule has 0 atom stereocenters. The quantitative estimate of drug-likeness (QED) is 0.414. The van der Waals surface area contributed by atoms with Crippen molar-refractivity contribution >= 4 is 28.2 Å². The number of amides is 1. The van der Waals surface area contributed by atoms with Crippen LogP contribution in [-0.4, -0.2) is 20.5 Å². The van der Waals surface area contributed by atoms with Crippen LogP contribution < -0.4 is 0 Å². The van der Waals surface area contributed by atoms with Crippen LogP contribution in [-0.2, 0) is 0 Å². The zero-order valence-electron chi connectivity index (χ0n) is 14.2. The Morgan fingerprint density at radius 1 is 1.19 bits per heavy atom. The molecule has 1 N–H and O–H groups in total. The van der Waals surface area contributed by atoms with E-state index in [2.05, 4.69) is 10.2 Å². The number of nitro benzene ring substituents is 1. The molecule has 1 amide bonds. The minimum absolute atomic E-state index is 0.0173. The molecule has 1 aromatic heterocycles. The molecule has 8 heteroatoms. The summed E-state index contributed by atoms with van der Waals surface area (Å²) in [5.74, 6) is -0.814. The molecule has 0 saturated heterocycles. The molecule has 0 radical (unpaired) electrons. The van der Waals surface area contributed by atoms with Gasteiger partial charge in [-0.2, -0.15) is 0 Å². The van der Waals surface area contributed by atoms with Crippen LogP contribution in [0.4, 0.5) is 11.4 Å². The molecule has 3 aromatic rings. The van der Waals surface area contributed by atoms with Crippen molar-refractivity contribution < 1.29 is 14.8 Å². The SMILES string of the molecule is CC(C)n1c(O)c(N=NC(=O)c2cccc([N+](=O)[O-])c2)c2ccccc21. The smallest absolute Gasteiger partial charge is 0.295 e. The van der Waals surface area contributed by atoms with Crippen molar-refractivity contribution in [2.75, 3.05) is 0 Å². The maximum absolute atomic E-state index is 12.2. The predicted octanol–water partition coefficient (Wildman–Crippen LogP) is 4.76. The first-order valence-corrected chi connectivity index (χ1v) is 7.92. The largest absolute Gasteiger partial charge is 0.493 e. The standard InChI is InChI=1S/C18H16N4O4/c1-11(2)21-15-9-4-3-8-14(15)16(18(21)24)19-20-17(23)12-6-5-7-13(10-12)22(25)26/h3-11,24H,1-2H3.